The van der Waals surface area contributed by atoms with Gasteiger partial charge in [-0.1, -0.05) is 30.3 Å². The zero-order valence-corrected chi connectivity index (χ0v) is 9.90. The van der Waals surface area contributed by atoms with Crippen molar-refractivity contribution < 1.29 is 4.79 Å². The Morgan fingerprint density at radius 2 is 1.76 bits per heavy atom. The normalized spacial score (nSPS) is 10.2. The first-order chi connectivity index (χ1) is 8.09. The number of amides is 1. The van der Waals surface area contributed by atoms with E-state index in [1.165, 1.54) is 0 Å². The fourth-order valence-corrected chi connectivity index (χ4v) is 1.88. The lowest BCUT2D eigenvalue weighted by molar-refractivity contribution is 0.0999. The van der Waals surface area contributed by atoms with Crippen LogP contribution in [0, 0.1) is 13.8 Å². The predicted molar refractivity (Wildman–Crippen MR) is 67.7 cm³/mol. The van der Waals surface area contributed by atoms with Crippen molar-refractivity contribution in [2.45, 2.75) is 13.8 Å². The van der Waals surface area contributed by atoms with Crippen LogP contribution in [0.5, 0.6) is 0 Å². The van der Waals surface area contributed by atoms with Gasteiger partial charge in [0.05, 0.1) is 11.3 Å². The maximum absolute atomic E-state index is 11.3. The molecule has 0 atom stereocenters. The smallest absolute Gasteiger partial charge is 0.250 e. The van der Waals surface area contributed by atoms with E-state index >= 15 is 0 Å². The fraction of sp³-hybridized carbons (Fsp3) is 0.143. The number of aromatic nitrogens is 1. The Morgan fingerprint density at radius 3 is 2.35 bits per heavy atom. The number of carbonyl (C=O) groups excluding carboxylic acids is 1. The number of primary amides is 1. The fourth-order valence-electron chi connectivity index (χ4n) is 1.88. The molecule has 0 saturated carbocycles. The van der Waals surface area contributed by atoms with Crippen LogP contribution >= 0.6 is 0 Å². The molecule has 0 aliphatic carbocycles. The van der Waals surface area contributed by atoms with E-state index in [4.69, 9.17) is 5.73 Å². The summed E-state index contributed by atoms with van der Waals surface area (Å²) in [6.07, 6.45) is 0. The third-order valence-corrected chi connectivity index (χ3v) is 2.75. The molecule has 1 aromatic heterocycles. The van der Waals surface area contributed by atoms with E-state index in [1.54, 1.807) is 6.92 Å². The van der Waals surface area contributed by atoms with Gasteiger partial charge in [-0.05, 0) is 25.5 Å². The summed E-state index contributed by atoms with van der Waals surface area (Å²) >= 11 is 0. The Morgan fingerprint density at radius 1 is 1.12 bits per heavy atom. The molecule has 0 radical (unpaired) electrons. The Hall–Kier alpha value is -2.16. The molecule has 0 saturated heterocycles. The molecule has 0 fully saturated rings. The summed E-state index contributed by atoms with van der Waals surface area (Å²) in [6.45, 7) is 3.72. The lowest BCUT2D eigenvalue weighted by Crippen LogP contribution is -2.14. The monoisotopic (exact) mass is 226 g/mol. The lowest BCUT2D eigenvalue weighted by atomic mass is 10.0. The lowest BCUT2D eigenvalue weighted by Gasteiger charge is -2.09. The van der Waals surface area contributed by atoms with Gasteiger partial charge in [0.1, 0.15) is 0 Å². The van der Waals surface area contributed by atoms with Gasteiger partial charge in [-0.2, -0.15) is 0 Å². The van der Waals surface area contributed by atoms with Gasteiger partial charge in [0, 0.05) is 11.3 Å². The van der Waals surface area contributed by atoms with E-state index < -0.39 is 5.91 Å². The molecule has 86 valence electrons. The van der Waals surface area contributed by atoms with Crippen LogP contribution < -0.4 is 5.73 Å². The summed E-state index contributed by atoms with van der Waals surface area (Å²) in [5, 5.41) is 0. The molecule has 3 heteroatoms. The first-order valence-electron chi connectivity index (χ1n) is 5.43. The third kappa shape index (κ3) is 2.18. The average Bonchev–Trinajstić information content (AvgIpc) is 2.29. The van der Waals surface area contributed by atoms with E-state index in [1.807, 2.05) is 43.3 Å². The second-order valence-electron chi connectivity index (χ2n) is 3.98. The number of benzene rings is 1. The highest BCUT2D eigenvalue weighted by molar-refractivity contribution is 5.95. The second kappa shape index (κ2) is 4.37. The maximum atomic E-state index is 11.3. The van der Waals surface area contributed by atoms with Crippen LogP contribution in [0.1, 0.15) is 21.7 Å². The topological polar surface area (TPSA) is 56.0 Å². The number of carbonyl (C=O) groups is 1. The van der Waals surface area contributed by atoms with Gasteiger partial charge in [-0.25, -0.2) is 0 Å². The minimum Gasteiger partial charge on any atom is -0.366 e. The molecule has 2 N–H and O–H groups in total. The quantitative estimate of drug-likeness (QED) is 0.855. The van der Waals surface area contributed by atoms with Crippen molar-refractivity contribution in [3.05, 3.63) is 53.3 Å². The van der Waals surface area contributed by atoms with Gasteiger partial charge < -0.3 is 5.73 Å². The molecule has 17 heavy (non-hydrogen) atoms. The molecule has 0 spiro atoms. The van der Waals surface area contributed by atoms with Gasteiger partial charge in [-0.15, -0.1) is 0 Å². The molecule has 2 aromatic rings. The molecule has 1 heterocycles. The first-order valence-corrected chi connectivity index (χ1v) is 5.43. The van der Waals surface area contributed by atoms with E-state index in [9.17, 15) is 4.79 Å². The second-order valence-corrected chi connectivity index (χ2v) is 3.98. The van der Waals surface area contributed by atoms with Crippen LogP contribution in [0.4, 0.5) is 0 Å². The third-order valence-electron chi connectivity index (χ3n) is 2.75. The number of nitrogens with two attached hydrogens (primary N) is 1. The van der Waals surface area contributed by atoms with Crippen molar-refractivity contribution in [1.29, 1.82) is 0 Å². The van der Waals surface area contributed by atoms with Gasteiger partial charge >= 0.3 is 0 Å². The average molecular weight is 226 g/mol. The Kier molecular flexibility index (Phi) is 2.91. The molecule has 3 nitrogen and oxygen atoms in total. The highest BCUT2D eigenvalue weighted by Gasteiger charge is 2.11. The Balaban J connectivity index is 2.63. The molecule has 0 unspecified atom stereocenters. The van der Waals surface area contributed by atoms with Crippen molar-refractivity contribution >= 4 is 5.91 Å². The summed E-state index contributed by atoms with van der Waals surface area (Å²) in [6, 6.07) is 11.7. The Labute approximate surface area is 100 Å². The SMILES string of the molecule is Cc1nc(C)c(-c2ccccc2)cc1C(N)=O. The highest BCUT2D eigenvalue weighted by atomic mass is 16.1. The van der Waals surface area contributed by atoms with Gasteiger partial charge in [0.25, 0.3) is 5.91 Å². The molecule has 1 amide bonds. The standard InChI is InChI=1S/C14H14N2O/c1-9-12(11-6-4-3-5-7-11)8-13(14(15)17)10(2)16-9/h3-8H,1-2H3,(H2,15,17). The van der Waals surface area contributed by atoms with E-state index in [0.717, 1.165) is 16.8 Å². The van der Waals surface area contributed by atoms with Crippen LogP contribution in [-0.2, 0) is 0 Å². The van der Waals surface area contributed by atoms with Crippen molar-refractivity contribution in [2.24, 2.45) is 5.73 Å². The Bertz CT molecular complexity index is 562. The zero-order valence-electron chi connectivity index (χ0n) is 9.90. The minimum atomic E-state index is -0.438. The van der Waals surface area contributed by atoms with E-state index in [-0.39, 0.29) is 0 Å². The molecule has 2 rings (SSSR count). The van der Waals surface area contributed by atoms with Crippen LogP contribution in [0.25, 0.3) is 11.1 Å². The van der Waals surface area contributed by atoms with Crippen LogP contribution in [0.3, 0.4) is 0 Å². The van der Waals surface area contributed by atoms with Crippen molar-refractivity contribution in [3.63, 3.8) is 0 Å². The number of rotatable bonds is 2. The minimum absolute atomic E-state index is 0.438. The summed E-state index contributed by atoms with van der Waals surface area (Å²) < 4.78 is 0. The predicted octanol–water partition coefficient (Wildman–Crippen LogP) is 2.46. The maximum Gasteiger partial charge on any atom is 0.250 e. The number of hydrogen-bond acceptors (Lipinski definition) is 2. The number of pyridine rings is 1. The van der Waals surface area contributed by atoms with Gasteiger partial charge in [0.15, 0.2) is 0 Å². The van der Waals surface area contributed by atoms with E-state index in [0.29, 0.717) is 11.3 Å². The summed E-state index contributed by atoms with van der Waals surface area (Å²) in [5.41, 5.74) is 9.38. The van der Waals surface area contributed by atoms with Gasteiger partial charge in [0.2, 0.25) is 0 Å². The van der Waals surface area contributed by atoms with Crippen LogP contribution in [0.15, 0.2) is 36.4 Å². The first kappa shape index (κ1) is 11.3. The molecule has 0 aliphatic heterocycles. The largest absolute Gasteiger partial charge is 0.366 e. The molecule has 0 bridgehead atoms. The van der Waals surface area contributed by atoms with Crippen molar-refractivity contribution in [3.8, 4) is 11.1 Å². The number of nitrogens with zero attached hydrogens (tertiary/aromatic N) is 1. The molecular weight excluding hydrogens is 212 g/mol. The van der Waals surface area contributed by atoms with Crippen molar-refractivity contribution in [2.75, 3.05) is 0 Å². The summed E-state index contributed by atoms with van der Waals surface area (Å²) in [4.78, 5) is 15.7. The highest BCUT2D eigenvalue weighted by Crippen LogP contribution is 2.24. The molecular formula is C14H14N2O. The van der Waals surface area contributed by atoms with Crippen molar-refractivity contribution in [1.82, 2.24) is 4.98 Å². The van der Waals surface area contributed by atoms with E-state index in [2.05, 4.69) is 4.98 Å². The summed E-state index contributed by atoms with van der Waals surface area (Å²) in [5.74, 6) is -0.438. The number of hydrogen-bond donors (Lipinski definition) is 1. The molecule has 1 aromatic carbocycles. The van der Waals surface area contributed by atoms with Crippen LogP contribution in [0.2, 0.25) is 0 Å². The summed E-state index contributed by atoms with van der Waals surface area (Å²) in [7, 11) is 0. The zero-order chi connectivity index (χ0) is 12.4. The number of aryl methyl sites for hydroxylation is 2. The van der Waals surface area contributed by atoms with Gasteiger partial charge in [-0.3, -0.25) is 9.78 Å². The van der Waals surface area contributed by atoms with Crippen LogP contribution in [-0.4, -0.2) is 10.9 Å². The molecule has 0 aliphatic rings.